The van der Waals surface area contributed by atoms with Crippen molar-refractivity contribution >= 4 is 40.2 Å². The van der Waals surface area contributed by atoms with E-state index in [1.807, 2.05) is 24.3 Å². The van der Waals surface area contributed by atoms with E-state index in [2.05, 4.69) is 20.2 Å². The third kappa shape index (κ3) is 5.48. The summed E-state index contributed by atoms with van der Waals surface area (Å²) in [7, 11) is 0. The molecule has 9 heteroatoms. The molecule has 0 radical (unpaired) electrons. The van der Waals surface area contributed by atoms with Crippen LogP contribution in [0.3, 0.4) is 0 Å². The van der Waals surface area contributed by atoms with Crippen molar-refractivity contribution < 1.29 is 8.78 Å². The van der Waals surface area contributed by atoms with Crippen molar-refractivity contribution in [1.29, 1.82) is 0 Å². The summed E-state index contributed by atoms with van der Waals surface area (Å²) >= 11 is 13.2. The van der Waals surface area contributed by atoms with Gasteiger partial charge in [0.1, 0.15) is 5.65 Å². The monoisotopic (exact) mass is 529 g/mol. The maximum Gasteiger partial charge on any atom is 0.224 e. The van der Waals surface area contributed by atoms with Crippen molar-refractivity contribution in [1.82, 2.24) is 19.9 Å². The molecular formula is C27H27Cl2F2N5. The standard InChI is InChI=1S/C27H27Cl2F2N5/c28-20-4-1-5-21(29)25(20)24-14-19-16-34-27(33-15-18-6-7-22(30)23(31)13-18)35-26(19)36(24)12-9-17-3-2-10-32-11-8-17/h1,4-7,13-14,16-17,32H,2-3,8-12,15H2,(H,33,34,35). The highest BCUT2D eigenvalue weighted by atomic mass is 35.5. The molecule has 0 saturated carbocycles. The van der Waals surface area contributed by atoms with Crippen LogP contribution in [0.5, 0.6) is 0 Å². The first kappa shape index (κ1) is 24.9. The third-order valence-electron chi connectivity index (χ3n) is 6.74. The maximum absolute atomic E-state index is 13.6. The molecule has 2 aromatic heterocycles. The number of nitrogens with zero attached hydrogens (tertiary/aromatic N) is 3. The highest BCUT2D eigenvalue weighted by Gasteiger charge is 2.20. The summed E-state index contributed by atoms with van der Waals surface area (Å²) in [5.74, 6) is -0.721. The summed E-state index contributed by atoms with van der Waals surface area (Å²) in [6.07, 6.45) is 6.31. The van der Waals surface area contributed by atoms with Crippen LogP contribution in [0, 0.1) is 17.6 Å². The number of benzene rings is 2. The van der Waals surface area contributed by atoms with Crippen LogP contribution in [0.4, 0.5) is 14.7 Å². The third-order valence-corrected chi connectivity index (χ3v) is 7.37. The highest BCUT2D eigenvalue weighted by Crippen LogP contribution is 2.38. The predicted octanol–water partition coefficient (Wildman–Crippen LogP) is 7.08. The summed E-state index contributed by atoms with van der Waals surface area (Å²) in [5, 5.41) is 8.64. The van der Waals surface area contributed by atoms with Crippen LogP contribution in [0.2, 0.25) is 10.0 Å². The fraction of sp³-hybridized carbons (Fsp3) is 0.333. The number of aromatic nitrogens is 3. The van der Waals surface area contributed by atoms with E-state index in [9.17, 15) is 8.78 Å². The van der Waals surface area contributed by atoms with Crippen molar-refractivity contribution in [3.05, 3.63) is 75.9 Å². The Kier molecular flexibility index (Phi) is 7.70. The minimum absolute atomic E-state index is 0.266. The molecule has 1 fully saturated rings. The molecule has 0 aliphatic carbocycles. The van der Waals surface area contributed by atoms with Crippen molar-refractivity contribution in [2.75, 3.05) is 18.4 Å². The first-order valence-electron chi connectivity index (χ1n) is 12.2. The summed E-state index contributed by atoms with van der Waals surface area (Å²) < 4.78 is 29.0. The molecule has 1 atom stereocenters. The predicted molar refractivity (Wildman–Crippen MR) is 141 cm³/mol. The Morgan fingerprint density at radius 1 is 1.03 bits per heavy atom. The quantitative estimate of drug-likeness (QED) is 0.268. The number of aryl methyl sites for hydroxylation is 1. The largest absolute Gasteiger partial charge is 0.350 e. The number of anilines is 1. The molecule has 1 aliphatic heterocycles. The molecule has 5 rings (SSSR count). The molecule has 0 amide bonds. The van der Waals surface area contributed by atoms with Crippen LogP contribution in [-0.4, -0.2) is 27.6 Å². The normalized spacial score (nSPS) is 16.3. The SMILES string of the molecule is Fc1ccc(CNc2ncc3cc(-c4c(Cl)cccc4Cl)n(CCC4CCCNCC4)c3n2)cc1F. The van der Waals surface area contributed by atoms with E-state index >= 15 is 0 Å². The van der Waals surface area contributed by atoms with Crippen molar-refractivity contribution in [3.63, 3.8) is 0 Å². The zero-order valence-corrected chi connectivity index (χ0v) is 21.2. The second-order valence-corrected chi connectivity index (χ2v) is 10.0. The van der Waals surface area contributed by atoms with Gasteiger partial charge in [0, 0.05) is 30.2 Å². The fourth-order valence-electron chi connectivity index (χ4n) is 4.82. The Hall–Kier alpha value is -2.74. The van der Waals surface area contributed by atoms with E-state index in [0.29, 0.717) is 27.5 Å². The summed E-state index contributed by atoms with van der Waals surface area (Å²) in [6, 6.07) is 11.3. The Bertz CT molecular complexity index is 1350. The van der Waals surface area contributed by atoms with Gasteiger partial charge >= 0.3 is 0 Å². The van der Waals surface area contributed by atoms with Crippen LogP contribution >= 0.6 is 23.2 Å². The van der Waals surface area contributed by atoms with Gasteiger partial charge in [-0.15, -0.1) is 0 Å². The van der Waals surface area contributed by atoms with E-state index < -0.39 is 11.6 Å². The Morgan fingerprint density at radius 3 is 2.67 bits per heavy atom. The van der Waals surface area contributed by atoms with E-state index in [0.717, 1.165) is 60.8 Å². The number of nitrogens with one attached hydrogen (secondary N) is 2. The van der Waals surface area contributed by atoms with E-state index in [-0.39, 0.29) is 6.54 Å². The van der Waals surface area contributed by atoms with Crippen LogP contribution in [0.1, 0.15) is 31.2 Å². The molecule has 0 bridgehead atoms. The fourth-order valence-corrected chi connectivity index (χ4v) is 5.41. The van der Waals surface area contributed by atoms with E-state index in [1.54, 1.807) is 6.20 Å². The van der Waals surface area contributed by atoms with Crippen molar-refractivity contribution in [2.45, 2.75) is 38.8 Å². The van der Waals surface area contributed by atoms with Gasteiger partial charge in [-0.2, -0.15) is 4.98 Å². The summed E-state index contributed by atoms with van der Waals surface area (Å²) in [5.41, 5.74) is 3.05. The molecule has 188 valence electrons. The van der Waals surface area contributed by atoms with Crippen molar-refractivity contribution in [2.24, 2.45) is 5.92 Å². The Balaban J connectivity index is 1.48. The van der Waals surface area contributed by atoms with E-state index in [4.69, 9.17) is 28.2 Å². The smallest absolute Gasteiger partial charge is 0.224 e. The highest BCUT2D eigenvalue weighted by molar-refractivity contribution is 6.39. The van der Waals surface area contributed by atoms with Gasteiger partial charge in [-0.25, -0.2) is 13.8 Å². The first-order valence-corrected chi connectivity index (χ1v) is 12.9. The van der Waals surface area contributed by atoms with Gasteiger partial charge in [-0.05, 0) is 80.6 Å². The summed E-state index contributed by atoms with van der Waals surface area (Å²) in [6.45, 7) is 3.15. The van der Waals surface area contributed by atoms with Crippen LogP contribution in [-0.2, 0) is 13.1 Å². The molecule has 1 saturated heterocycles. The van der Waals surface area contributed by atoms with Crippen LogP contribution in [0.25, 0.3) is 22.3 Å². The average Bonchev–Trinajstić information content (AvgIpc) is 3.01. The molecule has 2 N–H and O–H groups in total. The lowest BCUT2D eigenvalue weighted by Gasteiger charge is -2.17. The molecule has 36 heavy (non-hydrogen) atoms. The number of hydrogen-bond donors (Lipinski definition) is 2. The second-order valence-electron chi connectivity index (χ2n) is 9.19. The van der Waals surface area contributed by atoms with Gasteiger partial charge in [0.25, 0.3) is 0 Å². The van der Waals surface area contributed by atoms with Gasteiger partial charge < -0.3 is 15.2 Å². The average molecular weight is 530 g/mol. The number of rotatable bonds is 7. The minimum Gasteiger partial charge on any atom is -0.350 e. The first-order chi connectivity index (χ1) is 17.5. The number of fused-ring (bicyclic) bond motifs is 1. The van der Waals surface area contributed by atoms with Crippen LogP contribution < -0.4 is 10.6 Å². The lowest BCUT2D eigenvalue weighted by molar-refractivity contribution is 0.412. The summed E-state index contributed by atoms with van der Waals surface area (Å²) in [4.78, 5) is 9.23. The molecule has 1 unspecified atom stereocenters. The zero-order chi connectivity index (χ0) is 25.1. The number of halogens is 4. The molecule has 1 aliphatic rings. The van der Waals surface area contributed by atoms with Crippen molar-refractivity contribution in [3.8, 4) is 11.3 Å². The topological polar surface area (TPSA) is 54.8 Å². The van der Waals surface area contributed by atoms with Gasteiger partial charge in [0.05, 0.1) is 15.7 Å². The molecule has 0 spiro atoms. The van der Waals surface area contributed by atoms with Crippen LogP contribution in [0.15, 0.2) is 48.7 Å². The van der Waals surface area contributed by atoms with Gasteiger partial charge in [-0.1, -0.05) is 35.3 Å². The number of hydrogen-bond acceptors (Lipinski definition) is 4. The van der Waals surface area contributed by atoms with Gasteiger partial charge in [-0.3, -0.25) is 0 Å². The molecule has 3 heterocycles. The molecule has 5 nitrogen and oxygen atoms in total. The Morgan fingerprint density at radius 2 is 1.86 bits per heavy atom. The molecule has 4 aromatic rings. The van der Waals surface area contributed by atoms with Gasteiger partial charge in [0.15, 0.2) is 11.6 Å². The van der Waals surface area contributed by atoms with Gasteiger partial charge in [0.2, 0.25) is 5.95 Å². The second kappa shape index (κ2) is 11.1. The lowest BCUT2D eigenvalue weighted by Crippen LogP contribution is -2.14. The molecule has 2 aromatic carbocycles. The minimum atomic E-state index is -0.880. The van der Waals surface area contributed by atoms with E-state index in [1.165, 1.54) is 25.0 Å². The molecular weight excluding hydrogens is 503 g/mol. The Labute approximate surface area is 218 Å². The maximum atomic E-state index is 13.6. The lowest BCUT2D eigenvalue weighted by atomic mass is 9.97. The zero-order valence-electron chi connectivity index (χ0n) is 19.7.